The number of amides is 2. The van der Waals surface area contributed by atoms with E-state index in [9.17, 15) is 18.0 Å². The van der Waals surface area contributed by atoms with E-state index in [4.69, 9.17) is 5.73 Å². The van der Waals surface area contributed by atoms with Gasteiger partial charge in [0.2, 0.25) is 11.8 Å². The van der Waals surface area contributed by atoms with Gasteiger partial charge in [-0.05, 0) is 54.9 Å². The van der Waals surface area contributed by atoms with Crippen LogP contribution in [0.5, 0.6) is 0 Å². The number of rotatable bonds is 9. The summed E-state index contributed by atoms with van der Waals surface area (Å²) in [6.45, 7) is 1.63. The summed E-state index contributed by atoms with van der Waals surface area (Å²) in [5, 5.41) is 0. The molecule has 2 amide bonds. The lowest BCUT2D eigenvalue weighted by molar-refractivity contribution is -0.129. The zero-order chi connectivity index (χ0) is 24.3. The molecule has 2 unspecified atom stereocenters. The van der Waals surface area contributed by atoms with Crippen molar-refractivity contribution in [3.8, 4) is 0 Å². The molecule has 2 aliphatic heterocycles. The van der Waals surface area contributed by atoms with Crippen LogP contribution in [0.4, 0.5) is 0 Å². The highest BCUT2D eigenvalue weighted by Crippen LogP contribution is 2.43. The molecule has 0 saturated carbocycles. The molecule has 2 aliphatic rings. The maximum absolute atomic E-state index is 12.8. The largest absolute Gasteiger partial charge is 0.366 e. The molecule has 2 N–H and O–H groups in total. The van der Waals surface area contributed by atoms with Crippen LogP contribution in [0.1, 0.15) is 53.1 Å². The maximum atomic E-state index is 12.8. The van der Waals surface area contributed by atoms with E-state index < -0.39 is 21.5 Å². The highest BCUT2D eigenvalue weighted by Gasteiger charge is 2.41. The second-order valence-electron chi connectivity index (χ2n) is 9.65. The molecule has 182 valence electrons. The summed E-state index contributed by atoms with van der Waals surface area (Å²) in [4.78, 5) is 28.6. The molecule has 0 aromatic heterocycles. The van der Waals surface area contributed by atoms with Gasteiger partial charge in [-0.3, -0.25) is 14.5 Å². The first kappa shape index (κ1) is 24.4. The molecular formula is C26H33N3O4S. The fourth-order valence-corrected chi connectivity index (χ4v) is 6.14. The third-order valence-electron chi connectivity index (χ3n) is 7.11. The molecule has 8 heteroatoms. The van der Waals surface area contributed by atoms with Crippen molar-refractivity contribution in [2.45, 2.75) is 50.2 Å². The maximum Gasteiger partial charge on any atom is 0.248 e. The number of hydrogen-bond acceptors (Lipinski definition) is 5. The standard InChI is InChI=1S/C26H33N3O4S/c1-34(32,33)18-25(30)28(17-19-6-3-2-4-7-19)12-13-29-23-10-11-24(29)16-22(15-23)20-8-5-9-21(14-20)26(27)31/h2-9,14,22-24H,10-13,15-18H2,1H3,(H2,27,31). The number of nitrogens with two attached hydrogens (primary N) is 1. The number of nitrogens with zero attached hydrogens (tertiary/aromatic N) is 2. The summed E-state index contributed by atoms with van der Waals surface area (Å²) >= 11 is 0. The summed E-state index contributed by atoms with van der Waals surface area (Å²) < 4.78 is 23.5. The smallest absolute Gasteiger partial charge is 0.248 e. The molecule has 2 bridgehead atoms. The molecule has 0 aliphatic carbocycles. The Labute approximate surface area is 201 Å². The van der Waals surface area contributed by atoms with Crippen molar-refractivity contribution >= 4 is 21.7 Å². The zero-order valence-corrected chi connectivity index (χ0v) is 20.4. The van der Waals surface area contributed by atoms with Gasteiger partial charge >= 0.3 is 0 Å². The van der Waals surface area contributed by atoms with E-state index in [1.54, 1.807) is 11.0 Å². The number of benzene rings is 2. The van der Waals surface area contributed by atoms with E-state index in [2.05, 4.69) is 11.0 Å². The van der Waals surface area contributed by atoms with Gasteiger partial charge in [0, 0.05) is 43.5 Å². The molecule has 0 spiro atoms. The van der Waals surface area contributed by atoms with Gasteiger partial charge in [0.25, 0.3) is 0 Å². The lowest BCUT2D eigenvalue weighted by Crippen LogP contribution is -2.47. The Morgan fingerprint density at radius 1 is 1.03 bits per heavy atom. The number of piperidine rings is 1. The Morgan fingerprint density at radius 3 is 2.32 bits per heavy atom. The van der Waals surface area contributed by atoms with Crippen molar-refractivity contribution in [1.82, 2.24) is 9.80 Å². The molecule has 4 rings (SSSR count). The molecule has 2 atom stereocenters. The SMILES string of the molecule is CS(=O)(=O)CC(=O)N(CCN1C2CCC1CC(c1cccc(C(N)=O)c1)C2)Cc1ccccc1. The predicted molar refractivity (Wildman–Crippen MR) is 132 cm³/mol. The van der Waals surface area contributed by atoms with Crippen LogP contribution in [-0.2, 0) is 21.2 Å². The van der Waals surface area contributed by atoms with E-state index in [1.807, 2.05) is 42.5 Å². The van der Waals surface area contributed by atoms with Crippen molar-refractivity contribution in [2.24, 2.45) is 5.73 Å². The lowest BCUT2D eigenvalue weighted by Gasteiger charge is -2.40. The van der Waals surface area contributed by atoms with E-state index in [0.717, 1.165) is 44.0 Å². The van der Waals surface area contributed by atoms with Crippen LogP contribution in [0.25, 0.3) is 0 Å². The average molecular weight is 484 g/mol. The lowest BCUT2D eigenvalue weighted by atomic mass is 9.84. The number of fused-ring (bicyclic) bond motifs is 2. The van der Waals surface area contributed by atoms with Gasteiger partial charge in [-0.1, -0.05) is 42.5 Å². The summed E-state index contributed by atoms with van der Waals surface area (Å²) in [5.41, 5.74) is 8.17. The van der Waals surface area contributed by atoms with Crippen LogP contribution in [0.15, 0.2) is 54.6 Å². The molecule has 2 heterocycles. The first-order valence-corrected chi connectivity index (χ1v) is 13.9. The first-order chi connectivity index (χ1) is 16.2. The number of carbonyl (C=O) groups excluding carboxylic acids is 2. The molecule has 2 saturated heterocycles. The van der Waals surface area contributed by atoms with Crippen molar-refractivity contribution < 1.29 is 18.0 Å². The summed E-state index contributed by atoms with van der Waals surface area (Å²) in [7, 11) is -3.40. The number of hydrogen-bond donors (Lipinski definition) is 1. The summed E-state index contributed by atoms with van der Waals surface area (Å²) in [6.07, 6.45) is 5.35. The van der Waals surface area contributed by atoms with Gasteiger partial charge in [-0.15, -0.1) is 0 Å². The van der Waals surface area contributed by atoms with Gasteiger partial charge in [-0.25, -0.2) is 8.42 Å². The molecule has 0 radical (unpaired) electrons. The number of carbonyl (C=O) groups is 2. The molecule has 7 nitrogen and oxygen atoms in total. The van der Waals surface area contributed by atoms with Crippen molar-refractivity contribution in [3.63, 3.8) is 0 Å². The zero-order valence-electron chi connectivity index (χ0n) is 19.6. The van der Waals surface area contributed by atoms with Crippen LogP contribution < -0.4 is 5.73 Å². The Hall–Kier alpha value is -2.71. The van der Waals surface area contributed by atoms with Gasteiger partial charge in [-0.2, -0.15) is 0 Å². The molecule has 2 fully saturated rings. The third-order valence-corrected chi connectivity index (χ3v) is 7.88. The van der Waals surface area contributed by atoms with E-state index in [1.165, 1.54) is 5.56 Å². The van der Waals surface area contributed by atoms with Crippen LogP contribution in [0.2, 0.25) is 0 Å². The summed E-state index contributed by atoms with van der Waals surface area (Å²) in [5.74, 6) is -0.831. The Morgan fingerprint density at radius 2 is 1.71 bits per heavy atom. The fourth-order valence-electron chi connectivity index (χ4n) is 5.50. The van der Waals surface area contributed by atoms with E-state index in [-0.39, 0.29) is 5.91 Å². The number of sulfone groups is 1. The normalized spacial score (nSPS) is 22.4. The van der Waals surface area contributed by atoms with E-state index >= 15 is 0 Å². The first-order valence-electron chi connectivity index (χ1n) is 11.8. The van der Waals surface area contributed by atoms with Crippen molar-refractivity contribution in [2.75, 3.05) is 25.1 Å². The van der Waals surface area contributed by atoms with Gasteiger partial charge in [0.1, 0.15) is 5.75 Å². The molecular weight excluding hydrogens is 450 g/mol. The van der Waals surface area contributed by atoms with Crippen molar-refractivity contribution in [3.05, 3.63) is 71.3 Å². The summed E-state index contributed by atoms with van der Waals surface area (Å²) in [6, 6.07) is 18.2. The average Bonchev–Trinajstić information content (AvgIpc) is 3.02. The van der Waals surface area contributed by atoms with Gasteiger partial charge in [0.05, 0.1) is 0 Å². The van der Waals surface area contributed by atoms with Crippen molar-refractivity contribution in [1.29, 1.82) is 0 Å². The molecule has 2 aromatic rings. The minimum Gasteiger partial charge on any atom is -0.366 e. The Kier molecular flexibility index (Phi) is 7.38. The third kappa shape index (κ3) is 6.04. The topological polar surface area (TPSA) is 101 Å². The second kappa shape index (κ2) is 10.3. The predicted octanol–water partition coefficient (Wildman–Crippen LogP) is 2.57. The van der Waals surface area contributed by atoms with Crippen LogP contribution in [0.3, 0.4) is 0 Å². The van der Waals surface area contributed by atoms with Gasteiger partial charge < -0.3 is 10.6 Å². The van der Waals surface area contributed by atoms with Crippen LogP contribution in [-0.4, -0.2) is 67.2 Å². The molecule has 34 heavy (non-hydrogen) atoms. The Balaban J connectivity index is 1.42. The molecule has 2 aromatic carbocycles. The van der Waals surface area contributed by atoms with E-state index in [0.29, 0.717) is 36.7 Å². The van der Waals surface area contributed by atoms with Crippen LogP contribution in [0, 0.1) is 0 Å². The van der Waals surface area contributed by atoms with Crippen LogP contribution >= 0.6 is 0 Å². The minimum atomic E-state index is -3.40. The van der Waals surface area contributed by atoms with Gasteiger partial charge in [0.15, 0.2) is 9.84 Å². The highest BCUT2D eigenvalue weighted by molar-refractivity contribution is 7.91. The Bertz CT molecular complexity index is 1120. The number of primary amides is 1. The quantitative estimate of drug-likeness (QED) is 0.591. The highest BCUT2D eigenvalue weighted by atomic mass is 32.2. The second-order valence-corrected chi connectivity index (χ2v) is 11.8. The minimum absolute atomic E-state index is 0.350. The monoisotopic (exact) mass is 483 g/mol. The fraction of sp³-hybridized carbons (Fsp3) is 0.462.